The molecule has 0 saturated heterocycles. The van der Waals surface area contributed by atoms with Gasteiger partial charge in [0, 0.05) is 0 Å². The molecule has 2 aromatic carbocycles. The maximum absolute atomic E-state index is 11.8. The highest BCUT2D eigenvalue weighted by Gasteiger charge is 2.07. The molecule has 0 aliphatic rings. The Bertz CT molecular complexity index is 671. The lowest BCUT2D eigenvalue weighted by Gasteiger charge is -2.08. The third-order valence-electron chi connectivity index (χ3n) is 3.87. The Balaban J connectivity index is 1.44. The molecule has 150 valence electrons. The third kappa shape index (κ3) is 7.90. The number of carbonyl (C=O) groups is 2. The van der Waals surface area contributed by atoms with Gasteiger partial charge in [0.05, 0.1) is 37.6 Å². The highest BCUT2D eigenvalue weighted by Crippen LogP contribution is 2.05. The van der Waals surface area contributed by atoms with Gasteiger partial charge in [0.15, 0.2) is 0 Å². The fraction of sp³-hybridized carbons (Fsp3) is 0.364. The second kappa shape index (κ2) is 11.9. The summed E-state index contributed by atoms with van der Waals surface area (Å²) in [5.41, 5.74) is 3.22. The molecular weight excluding hydrogens is 360 g/mol. The number of benzene rings is 2. The summed E-state index contributed by atoms with van der Waals surface area (Å²) in [5.74, 6) is -0.731. The van der Waals surface area contributed by atoms with Crippen molar-refractivity contribution in [3.05, 3.63) is 70.8 Å². The Morgan fingerprint density at radius 2 is 0.893 bits per heavy atom. The highest BCUT2D eigenvalue weighted by atomic mass is 16.6. The Morgan fingerprint density at radius 3 is 1.25 bits per heavy atom. The number of ether oxygens (including phenoxy) is 4. The van der Waals surface area contributed by atoms with Crippen molar-refractivity contribution < 1.29 is 28.5 Å². The van der Waals surface area contributed by atoms with Crippen LogP contribution in [0.25, 0.3) is 0 Å². The van der Waals surface area contributed by atoms with E-state index in [2.05, 4.69) is 0 Å². The molecule has 6 heteroatoms. The van der Waals surface area contributed by atoms with Crippen molar-refractivity contribution in [1.82, 2.24) is 0 Å². The molecular formula is C22H26O6. The first kappa shape index (κ1) is 21.6. The van der Waals surface area contributed by atoms with Crippen LogP contribution in [-0.2, 0) is 18.9 Å². The number of hydrogen-bond acceptors (Lipinski definition) is 6. The van der Waals surface area contributed by atoms with Crippen LogP contribution in [0.15, 0.2) is 48.5 Å². The fourth-order valence-electron chi connectivity index (χ4n) is 2.25. The molecule has 0 heterocycles. The molecule has 0 radical (unpaired) electrons. The molecule has 2 rings (SSSR count). The van der Waals surface area contributed by atoms with Gasteiger partial charge < -0.3 is 18.9 Å². The van der Waals surface area contributed by atoms with Gasteiger partial charge in [-0.1, -0.05) is 35.4 Å². The van der Waals surface area contributed by atoms with E-state index >= 15 is 0 Å². The largest absolute Gasteiger partial charge is 0.460 e. The van der Waals surface area contributed by atoms with Crippen LogP contribution in [-0.4, -0.2) is 51.6 Å². The zero-order valence-corrected chi connectivity index (χ0v) is 16.3. The molecule has 0 aliphatic carbocycles. The number of rotatable bonds is 11. The minimum atomic E-state index is -0.366. The fourth-order valence-corrected chi connectivity index (χ4v) is 2.25. The highest BCUT2D eigenvalue weighted by molar-refractivity contribution is 5.89. The minimum Gasteiger partial charge on any atom is -0.460 e. The van der Waals surface area contributed by atoms with E-state index in [9.17, 15) is 9.59 Å². The number of carbonyl (C=O) groups excluding carboxylic acids is 2. The zero-order valence-electron chi connectivity index (χ0n) is 16.3. The third-order valence-corrected chi connectivity index (χ3v) is 3.87. The summed E-state index contributed by atoms with van der Waals surface area (Å²) >= 11 is 0. The first-order valence-electron chi connectivity index (χ1n) is 9.19. The van der Waals surface area contributed by atoms with Crippen molar-refractivity contribution in [2.75, 3.05) is 39.6 Å². The number of aryl methyl sites for hydroxylation is 2. The average Bonchev–Trinajstić information content (AvgIpc) is 2.70. The van der Waals surface area contributed by atoms with Crippen molar-refractivity contribution in [3.63, 3.8) is 0 Å². The van der Waals surface area contributed by atoms with Gasteiger partial charge in [0.25, 0.3) is 0 Å². The Labute approximate surface area is 165 Å². The van der Waals surface area contributed by atoms with Crippen molar-refractivity contribution in [3.8, 4) is 0 Å². The lowest BCUT2D eigenvalue weighted by molar-refractivity contribution is 0.00229. The number of esters is 2. The van der Waals surface area contributed by atoms with Crippen molar-refractivity contribution in [1.29, 1.82) is 0 Å². The van der Waals surface area contributed by atoms with Gasteiger partial charge in [-0.25, -0.2) is 9.59 Å². The van der Waals surface area contributed by atoms with Crippen LogP contribution in [0.4, 0.5) is 0 Å². The van der Waals surface area contributed by atoms with E-state index in [-0.39, 0.29) is 25.2 Å². The predicted octanol–water partition coefficient (Wildman–Crippen LogP) is 3.35. The first-order valence-corrected chi connectivity index (χ1v) is 9.19. The summed E-state index contributed by atoms with van der Waals surface area (Å²) in [6.07, 6.45) is 0. The van der Waals surface area contributed by atoms with E-state index in [4.69, 9.17) is 18.9 Å². The SMILES string of the molecule is Cc1ccc(C(=O)OCCOCCOCCOC(=O)c2ccc(C)cc2)cc1. The minimum absolute atomic E-state index is 0.181. The summed E-state index contributed by atoms with van der Waals surface area (Å²) in [4.78, 5) is 23.6. The number of hydrogen-bond donors (Lipinski definition) is 0. The van der Waals surface area contributed by atoms with E-state index < -0.39 is 0 Å². The van der Waals surface area contributed by atoms with E-state index in [0.717, 1.165) is 11.1 Å². The van der Waals surface area contributed by atoms with Crippen molar-refractivity contribution in [2.24, 2.45) is 0 Å². The van der Waals surface area contributed by atoms with Gasteiger partial charge in [-0.2, -0.15) is 0 Å². The van der Waals surface area contributed by atoms with Crippen LogP contribution >= 0.6 is 0 Å². The second-order valence-electron chi connectivity index (χ2n) is 6.23. The molecule has 0 fully saturated rings. The lowest BCUT2D eigenvalue weighted by atomic mass is 10.1. The maximum atomic E-state index is 11.8. The lowest BCUT2D eigenvalue weighted by Crippen LogP contribution is -2.15. The van der Waals surface area contributed by atoms with Gasteiger partial charge in [0.1, 0.15) is 13.2 Å². The summed E-state index contributed by atoms with van der Waals surface area (Å²) in [6.45, 7) is 5.61. The molecule has 28 heavy (non-hydrogen) atoms. The maximum Gasteiger partial charge on any atom is 0.338 e. The first-order chi connectivity index (χ1) is 13.6. The van der Waals surface area contributed by atoms with Crippen molar-refractivity contribution in [2.45, 2.75) is 13.8 Å². The summed E-state index contributed by atoms with van der Waals surface area (Å²) < 4.78 is 20.9. The summed E-state index contributed by atoms with van der Waals surface area (Å²) in [6, 6.07) is 14.4. The quantitative estimate of drug-likeness (QED) is 0.436. The molecule has 0 unspecified atom stereocenters. The molecule has 2 aromatic rings. The molecule has 0 saturated carbocycles. The van der Waals surface area contributed by atoms with Crippen molar-refractivity contribution >= 4 is 11.9 Å². The molecule has 0 N–H and O–H groups in total. The predicted molar refractivity (Wildman–Crippen MR) is 105 cm³/mol. The van der Waals surface area contributed by atoms with E-state index in [1.54, 1.807) is 24.3 Å². The van der Waals surface area contributed by atoms with E-state index in [1.807, 2.05) is 38.1 Å². The topological polar surface area (TPSA) is 71.1 Å². The molecule has 0 atom stereocenters. The van der Waals surface area contributed by atoms with E-state index in [1.165, 1.54) is 0 Å². The van der Waals surface area contributed by atoms with Crippen LogP contribution in [0, 0.1) is 13.8 Å². The Hall–Kier alpha value is -2.70. The molecule has 0 amide bonds. The normalized spacial score (nSPS) is 10.5. The molecule has 0 bridgehead atoms. The van der Waals surface area contributed by atoms with Crippen LogP contribution < -0.4 is 0 Å². The van der Waals surface area contributed by atoms with E-state index in [0.29, 0.717) is 37.6 Å². The van der Waals surface area contributed by atoms with Gasteiger partial charge in [0.2, 0.25) is 0 Å². The summed E-state index contributed by atoms with van der Waals surface area (Å²) in [5, 5.41) is 0. The zero-order chi connectivity index (χ0) is 20.2. The Morgan fingerprint density at radius 1 is 0.571 bits per heavy atom. The van der Waals surface area contributed by atoms with Gasteiger partial charge in [-0.05, 0) is 38.1 Å². The molecule has 0 aliphatic heterocycles. The second-order valence-corrected chi connectivity index (χ2v) is 6.23. The van der Waals surface area contributed by atoms with Crippen LogP contribution in [0.3, 0.4) is 0 Å². The van der Waals surface area contributed by atoms with Gasteiger partial charge >= 0.3 is 11.9 Å². The Kier molecular flexibility index (Phi) is 9.18. The van der Waals surface area contributed by atoms with Crippen LogP contribution in [0.1, 0.15) is 31.8 Å². The smallest absolute Gasteiger partial charge is 0.338 e. The monoisotopic (exact) mass is 386 g/mol. The van der Waals surface area contributed by atoms with Gasteiger partial charge in [-0.15, -0.1) is 0 Å². The van der Waals surface area contributed by atoms with Gasteiger partial charge in [-0.3, -0.25) is 0 Å². The van der Waals surface area contributed by atoms with Crippen LogP contribution in [0.5, 0.6) is 0 Å². The standard InChI is InChI=1S/C22H26O6/c1-17-3-7-19(8-4-17)21(23)27-15-13-25-11-12-26-14-16-28-22(24)20-9-5-18(2)6-10-20/h3-10H,11-16H2,1-2H3. The van der Waals surface area contributed by atoms with Crippen LogP contribution in [0.2, 0.25) is 0 Å². The molecule has 0 aromatic heterocycles. The summed E-state index contributed by atoms with van der Waals surface area (Å²) in [7, 11) is 0. The molecule has 6 nitrogen and oxygen atoms in total. The average molecular weight is 386 g/mol. The molecule has 0 spiro atoms.